The standard InChI is InChI=1S/C3H6O2/c1-3(2)5-4/h4H,1H2,2H3/i/hD. The van der Waals surface area contributed by atoms with E-state index in [0.29, 0.717) is 5.76 Å². The molecular weight excluding hydrogens is 68.0 g/mol. The van der Waals surface area contributed by atoms with Gasteiger partial charge in [-0.3, -0.25) is 0 Å². The summed E-state index contributed by atoms with van der Waals surface area (Å²) in [6.07, 6.45) is 0. The van der Waals surface area contributed by atoms with Gasteiger partial charge in [-0.1, -0.05) is 6.58 Å². The molecule has 0 aromatic heterocycles. The molecule has 0 aromatic carbocycles. The van der Waals surface area contributed by atoms with E-state index < -0.39 is 0 Å². The third kappa shape index (κ3) is 3.50. The van der Waals surface area contributed by atoms with Crippen molar-refractivity contribution >= 4 is 0 Å². The molecule has 0 spiro atoms. The molecule has 0 unspecified atom stereocenters. The quantitative estimate of drug-likeness (QED) is 0.301. The van der Waals surface area contributed by atoms with E-state index in [-0.39, 0.29) is 0 Å². The van der Waals surface area contributed by atoms with Crippen LogP contribution in [0.3, 0.4) is 0 Å². The minimum absolute atomic E-state index is 0.380. The van der Waals surface area contributed by atoms with Gasteiger partial charge in [-0.05, 0) is 6.92 Å². The molecule has 0 radical (unpaired) electrons. The minimum atomic E-state index is 0.380. The second kappa shape index (κ2) is 1.79. The van der Waals surface area contributed by atoms with Crippen LogP contribution < -0.4 is 0 Å². The van der Waals surface area contributed by atoms with Gasteiger partial charge in [-0.15, -0.1) is 0 Å². The van der Waals surface area contributed by atoms with E-state index in [1.165, 1.54) is 0 Å². The van der Waals surface area contributed by atoms with Gasteiger partial charge in [0, 0.05) is 0 Å². The summed E-state index contributed by atoms with van der Waals surface area (Å²) in [4.78, 5) is 4.01. The molecular formula is C3H6O2. The number of hydrogen-bond donors (Lipinski definition) is 1. The van der Waals surface area contributed by atoms with Crippen molar-refractivity contribution in [3.63, 3.8) is 0 Å². The highest BCUT2D eigenvalue weighted by molar-refractivity contribution is 4.69. The Kier molecular flexibility index (Phi) is 0.972. The summed E-state index contributed by atoms with van der Waals surface area (Å²) in [6.45, 7) is 4.87. The zero-order valence-electron chi connectivity index (χ0n) is 4.02. The molecule has 0 atom stereocenters. The highest BCUT2D eigenvalue weighted by Gasteiger charge is 1.68. The van der Waals surface area contributed by atoms with Gasteiger partial charge in [0.05, 0.1) is 0 Å². The topological polar surface area (TPSA) is 29.5 Å². The Morgan fingerprint density at radius 1 is 2.40 bits per heavy atom. The Labute approximate surface area is 32.1 Å². The van der Waals surface area contributed by atoms with E-state index in [1.54, 1.807) is 6.92 Å². The smallest absolute Gasteiger partial charge is 0.270 e. The Morgan fingerprint density at radius 3 is 3.00 bits per heavy atom. The molecule has 0 aliphatic heterocycles. The van der Waals surface area contributed by atoms with Gasteiger partial charge in [-0.2, -0.15) is 0 Å². The van der Waals surface area contributed by atoms with E-state index >= 15 is 0 Å². The van der Waals surface area contributed by atoms with E-state index in [0.717, 1.165) is 0 Å². The van der Waals surface area contributed by atoms with Crippen molar-refractivity contribution in [2.75, 3.05) is 0 Å². The van der Waals surface area contributed by atoms with Crippen LogP contribution in [-0.4, -0.2) is 5.26 Å². The molecule has 5 heavy (non-hydrogen) atoms. The summed E-state index contributed by atoms with van der Waals surface area (Å²) in [6, 6.07) is 0. The molecule has 2 heteroatoms. The van der Waals surface area contributed by atoms with Gasteiger partial charge < -0.3 is 4.89 Å². The van der Waals surface area contributed by atoms with Crippen molar-refractivity contribution in [3.05, 3.63) is 12.3 Å². The lowest BCUT2D eigenvalue weighted by Gasteiger charge is -1.83. The Bertz CT molecular complexity index is 52.8. The first-order valence-electron chi connectivity index (χ1n) is 1.63. The molecule has 0 bridgehead atoms. The minimum Gasteiger partial charge on any atom is -0.346 e. The molecule has 0 aliphatic rings. The lowest BCUT2D eigenvalue weighted by atomic mass is 10.7. The molecule has 0 heterocycles. The highest BCUT2D eigenvalue weighted by Crippen LogP contribution is 1.79. The molecule has 0 aromatic rings. The Hall–Kier alpha value is -0.500. The zero-order valence-corrected chi connectivity index (χ0v) is 3.02. The van der Waals surface area contributed by atoms with Gasteiger partial charge in [0.1, 0.15) is 5.76 Å². The summed E-state index contributed by atoms with van der Waals surface area (Å²) in [5.74, 6) is 0.380. The highest BCUT2D eigenvalue weighted by atomic mass is 17.1. The molecule has 2 nitrogen and oxygen atoms in total. The largest absolute Gasteiger partial charge is 0.346 e. The van der Waals surface area contributed by atoms with Crippen LogP contribution in [0.4, 0.5) is 0 Å². The fourth-order valence-corrected chi connectivity index (χ4v) is 0. The predicted molar refractivity (Wildman–Crippen MR) is 18.5 cm³/mol. The molecule has 0 saturated heterocycles. The van der Waals surface area contributed by atoms with Crippen LogP contribution in [-0.2, 0) is 4.89 Å². The molecule has 0 amide bonds. The maximum Gasteiger partial charge on any atom is 0.270 e. The predicted octanol–water partition coefficient (Wildman–Crippen LogP) is 1.01. The Morgan fingerprint density at radius 2 is 3.00 bits per heavy atom. The van der Waals surface area contributed by atoms with Crippen molar-refractivity contribution in [1.82, 2.24) is 0 Å². The van der Waals surface area contributed by atoms with Crippen molar-refractivity contribution < 1.29 is 10.1 Å². The molecule has 0 saturated carbocycles. The van der Waals surface area contributed by atoms with Crippen LogP contribution in [0.5, 0.6) is 0 Å². The van der Waals surface area contributed by atoms with Crippen LogP contribution in [0.25, 0.3) is 1.43 Å². The molecule has 0 fully saturated rings. The summed E-state index contributed by atoms with van der Waals surface area (Å²) in [7, 11) is 0. The fourth-order valence-electron chi connectivity index (χ4n) is 0. The lowest BCUT2D eigenvalue weighted by molar-refractivity contribution is -0.201. The maximum absolute atomic E-state index is 5.95. The monoisotopic (exact) mass is 75.0 g/mol. The third-order valence-electron chi connectivity index (χ3n) is 0.142. The van der Waals surface area contributed by atoms with Gasteiger partial charge in [0.15, 0.2) is 0 Å². The van der Waals surface area contributed by atoms with Crippen molar-refractivity contribution in [1.29, 1.82) is 1.43 Å². The summed E-state index contributed by atoms with van der Waals surface area (Å²) in [5, 5.41) is 3.45. The number of allylic oxidation sites excluding steroid dienone is 1. The van der Waals surface area contributed by atoms with Crippen molar-refractivity contribution in [2.45, 2.75) is 6.92 Å². The first kappa shape index (κ1) is 2.72. The zero-order chi connectivity index (χ0) is 4.99. The maximum atomic E-state index is 5.95. The van der Waals surface area contributed by atoms with E-state index in [9.17, 15) is 0 Å². The fraction of sp³-hybridized carbons (Fsp3) is 0.333. The van der Waals surface area contributed by atoms with E-state index in [2.05, 4.69) is 16.7 Å². The molecule has 0 rings (SSSR count). The average Bonchev–Trinajstić information content (AvgIpc) is 1.35. The van der Waals surface area contributed by atoms with Gasteiger partial charge >= 0.3 is 0 Å². The Balaban J connectivity index is 2.83. The first-order valence-corrected chi connectivity index (χ1v) is 1.22. The number of hydrogen-bond acceptors (Lipinski definition) is 2. The molecule has 1 N–H and O–H groups in total. The van der Waals surface area contributed by atoms with Gasteiger partial charge in [0.25, 0.3) is 1.43 Å². The average molecular weight is 75.1 g/mol. The normalized spacial score (nSPS) is 9.40. The van der Waals surface area contributed by atoms with Crippen LogP contribution in [0.1, 0.15) is 6.92 Å². The van der Waals surface area contributed by atoms with E-state index in [1.807, 2.05) is 0 Å². The van der Waals surface area contributed by atoms with Crippen molar-refractivity contribution in [3.8, 4) is 0 Å². The van der Waals surface area contributed by atoms with Crippen LogP contribution in [0.2, 0.25) is 0 Å². The summed E-state index contributed by atoms with van der Waals surface area (Å²) in [5.41, 5.74) is 0. The first-order chi connectivity index (χ1) is 2.77. The van der Waals surface area contributed by atoms with Gasteiger partial charge in [-0.25, -0.2) is 5.26 Å². The lowest BCUT2D eigenvalue weighted by Crippen LogP contribution is -1.71. The molecule has 30 valence electrons. The molecule has 0 aliphatic carbocycles. The van der Waals surface area contributed by atoms with Crippen LogP contribution in [0, 0.1) is 0 Å². The second-order valence-corrected chi connectivity index (χ2v) is 0.785. The van der Waals surface area contributed by atoms with Crippen LogP contribution >= 0.6 is 0 Å². The summed E-state index contributed by atoms with van der Waals surface area (Å²) >= 11 is 0. The van der Waals surface area contributed by atoms with Crippen LogP contribution in [0.15, 0.2) is 12.3 Å². The third-order valence-corrected chi connectivity index (χ3v) is 0.142. The number of rotatable bonds is 2. The SMILES string of the molecule is [2H]OOC(=C)C. The summed E-state index contributed by atoms with van der Waals surface area (Å²) < 4.78 is 5.95. The van der Waals surface area contributed by atoms with Crippen molar-refractivity contribution in [2.24, 2.45) is 0 Å². The second-order valence-electron chi connectivity index (χ2n) is 0.785. The van der Waals surface area contributed by atoms with Gasteiger partial charge in [0.2, 0.25) is 0 Å². The van der Waals surface area contributed by atoms with E-state index in [4.69, 9.17) is 1.43 Å².